The van der Waals surface area contributed by atoms with Crippen LogP contribution in [0.15, 0.2) is 12.1 Å². The fourth-order valence-corrected chi connectivity index (χ4v) is 1.28. The molecule has 64 valence electrons. The van der Waals surface area contributed by atoms with Gasteiger partial charge in [-0.1, -0.05) is 23.2 Å². The predicted octanol–water partition coefficient (Wildman–Crippen LogP) is 0.939. The maximum absolute atomic E-state index is 10.5. The molecule has 0 saturated heterocycles. The van der Waals surface area contributed by atoms with Crippen molar-refractivity contribution in [2.75, 3.05) is 5.73 Å². The SMILES string of the molecule is Nc1ccc(Cl)c(C(=O)[O-])c1Cl. The van der Waals surface area contributed by atoms with Gasteiger partial charge in [-0.2, -0.15) is 0 Å². The Balaban J connectivity index is 3.43. The number of aromatic carboxylic acids is 1. The molecule has 1 aromatic rings. The third-order valence-electron chi connectivity index (χ3n) is 1.33. The number of carbonyl (C=O) groups excluding carboxylic acids is 1. The van der Waals surface area contributed by atoms with Gasteiger partial charge in [0.15, 0.2) is 0 Å². The standard InChI is InChI=1S/C7H5Cl2NO2/c8-3-1-2-4(10)6(9)5(3)7(11)12/h1-2H,10H2,(H,11,12)/p-1. The van der Waals surface area contributed by atoms with Crippen LogP contribution in [0.5, 0.6) is 0 Å². The first-order valence-electron chi connectivity index (χ1n) is 2.99. The van der Waals surface area contributed by atoms with Gasteiger partial charge in [0.05, 0.1) is 21.7 Å². The fraction of sp³-hybridized carbons (Fsp3) is 0. The van der Waals surface area contributed by atoms with Crippen LogP contribution in [0.4, 0.5) is 5.69 Å². The molecule has 3 nitrogen and oxygen atoms in total. The smallest absolute Gasteiger partial charge is 0.0746 e. The van der Waals surface area contributed by atoms with E-state index >= 15 is 0 Å². The third kappa shape index (κ3) is 1.47. The number of hydrogen-bond donors (Lipinski definition) is 1. The summed E-state index contributed by atoms with van der Waals surface area (Å²) in [6, 6.07) is 2.78. The van der Waals surface area contributed by atoms with Crippen molar-refractivity contribution in [2.24, 2.45) is 0 Å². The molecule has 0 unspecified atom stereocenters. The summed E-state index contributed by atoms with van der Waals surface area (Å²) in [5.41, 5.74) is 5.25. The lowest BCUT2D eigenvalue weighted by atomic mass is 10.2. The Bertz CT molecular complexity index is 338. The number of carboxylic acids is 1. The summed E-state index contributed by atoms with van der Waals surface area (Å²) in [4.78, 5) is 10.5. The summed E-state index contributed by atoms with van der Waals surface area (Å²) in [6.45, 7) is 0. The predicted molar refractivity (Wildman–Crippen MR) is 45.2 cm³/mol. The van der Waals surface area contributed by atoms with E-state index in [1.165, 1.54) is 12.1 Å². The van der Waals surface area contributed by atoms with Crippen LogP contribution in [0.1, 0.15) is 10.4 Å². The molecular formula is C7H4Cl2NO2-. The van der Waals surface area contributed by atoms with Crippen LogP contribution in [0.25, 0.3) is 0 Å². The van der Waals surface area contributed by atoms with Crippen LogP contribution in [0, 0.1) is 0 Å². The minimum Gasteiger partial charge on any atom is -0.545 e. The van der Waals surface area contributed by atoms with Gasteiger partial charge in [-0.25, -0.2) is 0 Å². The number of anilines is 1. The first-order valence-corrected chi connectivity index (χ1v) is 3.74. The fourth-order valence-electron chi connectivity index (χ4n) is 0.756. The number of hydrogen-bond acceptors (Lipinski definition) is 3. The molecule has 1 aromatic carbocycles. The van der Waals surface area contributed by atoms with Gasteiger partial charge >= 0.3 is 0 Å². The van der Waals surface area contributed by atoms with E-state index in [4.69, 9.17) is 28.9 Å². The number of nitrogen functional groups attached to an aromatic ring is 1. The second kappa shape index (κ2) is 3.21. The van der Waals surface area contributed by atoms with E-state index in [9.17, 15) is 9.90 Å². The van der Waals surface area contributed by atoms with E-state index in [0.717, 1.165) is 0 Å². The summed E-state index contributed by atoms with van der Waals surface area (Å²) in [6.07, 6.45) is 0. The highest BCUT2D eigenvalue weighted by Crippen LogP contribution is 2.28. The van der Waals surface area contributed by atoms with Gasteiger partial charge in [-0.05, 0) is 12.1 Å². The van der Waals surface area contributed by atoms with Gasteiger partial charge in [0.1, 0.15) is 0 Å². The Hall–Kier alpha value is -0.930. The van der Waals surface area contributed by atoms with Crippen LogP contribution >= 0.6 is 23.2 Å². The maximum atomic E-state index is 10.5. The summed E-state index contributed by atoms with van der Waals surface area (Å²) in [7, 11) is 0. The molecule has 0 heterocycles. The molecule has 0 radical (unpaired) electrons. The molecule has 0 aliphatic carbocycles. The molecular weight excluding hydrogens is 201 g/mol. The van der Waals surface area contributed by atoms with Crippen LogP contribution in [-0.2, 0) is 0 Å². The van der Waals surface area contributed by atoms with Crippen molar-refractivity contribution in [1.82, 2.24) is 0 Å². The quantitative estimate of drug-likeness (QED) is 0.693. The summed E-state index contributed by atoms with van der Waals surface area (Å²) < 4.78 is 0. The van der Waals surface area contributed by atoms with E-state index in [2.05, 4.69) is 0 Å². The summed E-state index contributed by atoms with van der Waals surface area (Å²) in [5, 5.41) is 10.4. The number of carbonyl (C=O) groups is 1. The number of rotatable bonds is 1. The topological polar surface area (TPSA) is 66.2 Å². The highest BCUT2D eigenvalue weighted by Gasteiger charge is 2.08. The second-order valence-corrected chi connectivity index (χ2v) is 2.90. The lowest BCUT2D eigenvalue weighted by molar-refractivity contribution is -0.255. The average Bonchev–Trinajstić information content (AvgIpc) is 1.97. The molecule has 0 spiro atoms. The number of nitrogens with two attached hydrogens (primary N) is 1. The molecule has 0 aromatic heterocycles. The van der Waals surface area contributed by atoms with Gasteiger partial charge in [0.2, 0.25) is 0 Å². The first-order chi connectivity index (χ1) is 5.54. The minimum atomic E-state index is -1.43. The van der Waals surface area contributed by atoms with Crippen molar-refractivity contribution in [3.63, 3.8) is 0 Å². The molecule has 0 aliphatic rings. The maximum Gasteiger partial charge on any atom is 0.0746 e. The van der Waals surface area contributed by atoms with Crippen LogP contribution in [-0.4, -0.2) is 5.97 Å². The van der Waals surface area contributed by atoms with Gasteiger partial charge < -0.3 is 15.6 Å². The molecule has 12 heavy (non-hydrogen) atoms. The molecule has 0 bridgehead atoms. The average molecular weight is 205 g/mol. The van der Waals surface area contributed by atoms with Crippen LogP contribution in [0.2, 0.25) is 10.0 Å². The van der Waals surface area contributed by atoms with Gasteiger partial charge in [0, 0.05) is 5.56 Å². The molecule has 1 rings (SSSR count). The Morgan fingerprint density at radius 1 is 1.42 bits per heavy atom. The van der Waals surface area contributed by atoms with Crippen LogP contribution in [0.3, 0.4) is 0 Å². The zero-order valence-corrected chi connectivity index (χ0v) is 7.32. The number of benzene rings is 1. The molecule has 5 heteroatoms. The molecule has 0 aliphatic heterocycles. The second-order valence-electron chi connectivity index (χ2n) is 2.11. The van der Waals surface area contributed by atoms with Crippen molar-refractivity contribution < 1.29 is 9.90 Å². The first kappa shape index (κ1) is 9.16. The highest BCUT2D eigenvalue weighted by molar-refractivity contribution is 6.40. The number of carboxylic acid groups (broad SMARTS) is 1. The molecule has 0 amide bonds. The van der Waals surface area contributed by atoms with Gasteiger partial charge in [0.25, 0.3) is 0 Å². The van der Waals surface area contributed by atoms with E-state index < -0.39 is 5.97 Å². The zero-order chi connectivity index (χ0) is 9.30. The summed E-state index contributed by atoms with van der Waals surface area (Å²) >= 11 is 11.1. The zero-order valence-electron chi connectivity index (χ0n) is 5.80. The normalized spacial score (nSPS) is 9.83. The van der Waals surface area contributed by atoms with Gasteiger partial charge in [-0.3, -0.25) is 0 Å². The molecule has 0 fully saturated rings. The van der Waals surface area contributed by atoms with Crippen molar-refractivity contribution in [1.29, 1.82) is 0 Å². The lowest BCUT2D eigenvalue weighted by Gasteiger charge is -2.08. The molecule has 2 N–H and O–H groups in total. The molecule has 0 atom stereocenters. The van der Waals surface area contributed by atoms with Crippen molar-refractivity contribution in [3.05, 3.63) is 27.7 Å². The monoisotopic (exact) mass is 204 g/mol. The van der Waals surface area contributed by atoms with Crippen molar-refractivity contribution in [3.8, 4) is 0 Å². The lowest BCUT2D eigenvalue weighted by Crippen LogP contribution is -2.23. The number of halogens is 2. The van der Waals surface area contributed by atoms with E-state index in [1.807, 2.05) is 0 Å². The van der Waals surface area contributed by atoms with E-state index in [1.54, 1.807) is 0 Å². The Labute approximate surface area is 78.7 Å². The highest BCUT2D eigenvalue weighted by atomic mass is 35.5. The van der Waals surface area contributed by atoms with Crippen molar-refractivity contribution in [2.45, 2.75) is 0 Å². The van der Waals surface area contributed by atoms with E-state index in [0.29, 0.717) is 0 Å². The van der Waals surface area contributed by atoms with Crippen molar-refractivity contribution >= 4 is 34.9 Å². The van der Waals surface area contributed by atoms with Crippen LogP contribution < -0.4 is 10.8 Å². The van der Waals surface area contributed by atoms with E-state index in [-0.39, 0.29) is 21.3 Å². The minimum absolute atomic E-state index is 0.0224. The third-order valence-corrected chi connectivity index (χ3v) is 2.05. The molecule has 0 saturated carbocycles. The largest absolute Gasteiger partial charge is 0.545 e. The van der Waals surface area contributed by atoms with Gasteiger partial charge in [-0.15, -0.1) is 0 Å². The summed E-state index contributed by atoms with van der Waals surface area (Å²) in [5.74, 6) is -1.43. The Morgan fingerprint density at radius 2 is 2.00 bits per heavy atom. The Kier molecular flexibility index (Phi) is 2.45. The Morgan fingerprint density at radius 3 is 2.42 bits per heavy atom.